The van der Waals surface area contributed by atoms with E-state index in [1.54, 1.807) is 4.90 Å². The Morgan fingerprint density at radius 1 is 1.00 bits per heavy atom. The van der Waals surface area contributed by atoms with Gasteiger partial charge in [0.25, 0.3) is 5.91 Å². The van der Waals surface area contributed by atoms with Gasteiger partial charge in [0.1, 0.15) is 13.6 Å². The van der Waals surface area contributed by atoms with E-state index in [1.807, 2.05) is 37.5 Å². The van der Waals surface area contributed by atoms with Gasteiger partial charge < -0.3 is 19.4 Å². The van der Waals surface area contributed by atoms with Crippen molar-refractivity contribution in [3.63, 3.8) is 0 Å². The number of hydrogen-bond acceptors (Lipinski definition) is 6. The molecule has 1 saturated heterocycles. The molecule has 0 radical (unpaired) electrons. The molecule has 1 amide bonds. The number of anilines is 1. The van der Waals surface area contributed by atoms with Crippen LogP contribution in [0.1, 0.15) is 98.8 Å². The first kappa shape index (κ1) is 35.3. The van der Waals surface area contributed by atoms with Crippen molar-refractivity contribution in [2.75, 3.05) is 31.1 Å². The van der Waals surface area contributed by atoms with Gasteiger partial charge in [-0.25, -0.2) is 4.98 Å². The van der Waals surface area contributed by atoms with Gasteiger partial charge in [-0.1, -0.05) is 70.6 Å². The van der Waals surface area contributed by atoms with Gasteiger partial charge >= 0.3 is 6.18 Å². The third kappa shape index (κ3) is 11.0. The molecule has 224 valence electrons. The SMILES string of the molecule is C=O.C=O.CC1CCCC1.CCC.Cc1ccc(C2CC2)c(C(=O)N2CCN(c3nc(C(F)(F)F)cs3)CC2)c1. The van der Waals surface area contributed by atoms with Crippen molar-refractivity contribution in [3.8, 4) is 0 Å². The summed E-state index contributed by atoms with van der Waals surface area (Å²) in [5, 5.41) is 1.41. The van der Waals surface area contributed by atoms with E-state index in [4.69, 9.17) is 9.59 Å². The number of thiazole rings is 1. The molecule has 2 aromatic rings. The van der Waals surface area contributed by atoms with Crippen LogP contribution in [-0.2, 0) is 15.8 Å². The summed E-state index contributed by atoms with van der Waals surface area (Å²) in [7, 11) is 0. The quantitative estimate of drug-likeness (QED) is 0.373. The molecule has 2 saturated carbocycles. The van der Waals surface area contributed by atoms with Gasteiger partial charge in [0.15, 0.2) is 10.8 Å². The lowest BCUT2D eigenvalue weighted by atomic mass is 9.99. The number of alkyl halides is 3. The number of carbonyl (C=O) groups excluding carboxylic acids is 3. The maximum atomic E-state index is 13.0. The summed E-state index contributed by atoms with van der Waals surface area (Å²) >= 11 is 0.997. The fourth-order valence-corrected chi connectivity index (χ4v) is 5.43. The predicted molar refractivity (Wildman–Crippen MR) is 156 cm³/mol. The normalized spacial score (nSPS) is 16.7. The van der Waals surface area contributed by atoms with Crippen molar-refractivity contribution in [2.45, 2.75) is 84.7 Å². The molecule has 5 rings (SSSR count). The minimum Gasteiger partial charge on any atom is -0.345 e. The number of rotatable bonds is 3. The number of nitrogens with zero attached hydrogens (tertiary/aromatic N) is 3. The number of amides is 1. The topological polar surface area (TPSA) is 70.6 Å². The lowest BCUT2D eigenvalue weighted by Gasteiger charge is -2.35. The third-order valence-corrected chi connectivity index (χ3v) is 7.62. The summed E-state index contributed by atoms with van der Waals surface area (Å²) in [6.07, 6.45) is 5.03. The van der Waals surface area contributed by atoms with E-state index < -0.39 is 11.9 Å². The Bertz CT molecular complexity index is 1010. The van der Waals surface area contributed by atoms with Crippen molar-refractivity contribution in [2.24, 2.45) is 5.92 Å². The summed E-state index contributed by atoms with van der Waals surface area (Å²) < 4.78 is 38.2. The summed E-state index contributed by atoms with van der Waals surface area (Å²) in [6, 6.07) is 6.06. The zero-order valence-corrected chi connectivity index (χ0v) is 25.1. The highest BCUT2D eigenvalue weighted by Gasteiger charge is 2.35. The Morgan fingerprint density at radius 2 is 1.55 bits per heavy atom. The van der Waals surface area contributed by atoms with Crippen molar-refractivity contribution in [1.29, 1.82) is 0 Å². The van der Waals surface area contributed by atoms with Gasteiger partial charge in [0.05, 0.1) is 0 Å². The van der Waals surface area contributed by atoms with E-state index in [0.717, 1.165) is 52.2 Å². The average molecular weight is 584 g/mol. The smallest absolute Gasteiger partial charge is 0.345 e. The second-order valence-electron chi connectivity index (χ2n) is 10.3. The number of carbonyl (C=O) groups is 3. The molecular weight excluding hydrogens is 539 g/mol. The zero-order valence-electron chi connectivity index (χ0n) is 24.3. The first-order valence-electron chi connectivity index (χ1n) is 13.9. The molecule has 0 spiro atoms. The van der Waals surface area contributed by atoms with E-state index in [9.17, 15) is 18.0 Å². The Balaban J connectivity index is 0.000000518. The van der Waals surface area contributed by atoms with Gasteiger partial charge in [-0.3, -0.25) is 4.79 Å². The van der Waals surface area contributed by atoms with Crippen LogP contribution < -0.4 is 4.90 Å². The van der Waals surface area contributed by atoms with Crippen LogP contribution in [0.15, 0.2) is 23.6 Å². The first-order valence-corrected chi connectivity index (χ1v) is 14.8. The van der Waals surface area contributed by atoms with Crippen LogP contribution in [0.25, 0.3) is 0 Å². The van der Waals surface area contributed by atoms with Gasteiger partial charge in [-0.05, 0) is 43.2 Å². The van der Waals surface area contributed by atoms with E-state index in [2.05, 4.69) is 31.8 Å². The van der Waals surface area contributed by atoms with Crippen LogP contribution in [0.2, 0.25) is 0 Å². The molecule has 0 N–H and O–H groups in total. The van der Waals surface area contributed by atoms with Gasteiger partial charge in [0.2, 0.25) is 0 Å². The second kappa shape index (κ2) is 17.8. The Kier molecular flexibility index (Phi) is 15.7. The molecule has 0 unspecified atom stereocenters. The molecule has 1 aromatic heterocycles. The Hall–Kier alpha value is -2.75. The maximum Gasteiger partial charge on any atom is 0.434 e. The molecule has 0 bridgehead atoms. The Morgan fingerprint density at radius 3 is 1.98 bits per heavy atom. The molecule has 10 heteroatoms. The Labute approximate surface area is 241 Å². The monoisotopic (exact) mass is 583 g/mol. The van der Waals surface area contributed by atoms with Crippen molar-refractivity contribution in [3.05, 3.63) is 46.0 Å². The minimum atomic E-state index is -4.42. The molecule has 3 aliphatic rings. The highest BCUT2D eigenvalue weighted by atomic mass is 32.1. The molecule has 6 nitrogen and oxygen atoms in total. The number of piperazine rings is 1. The molecule has 2 heterocycles. The van der Waals surface area contributed by atoms with Crippen LogP contribution in [0.3, 0.4) is 0 Å². The molecule has 1 aromatic carbocycles. The van der Waals surface area contributed by atoms with Crippen LogP contribution in [-0.4, -0.2) is 55.5 Å². The number of benzene rings is 1. The first-order chi connectivity index (χ1) is 19.1. The largest absolute Gasteiger partial charge is 0.434 e. The van der Waals surface area contributed by atoms with Crippen molar-refractivity contribution < 1.29 is 27.6 Å². The van der Waals surface area contributed by atoms with Crippen LogP contribution in [0.5, 0.6) is 0 Å². The van der Waals surface area contributed by atoms with E-state index in [-0.39, 0.29) is 5.91 Å². The van der Waals surface area contributed by atoms with Gasteiger partial charge in [-0.15, -0.1) is 11.3 Å². The zero-order chi connectivity index (χ0) is 30.3. The maximum absolute atomic E-state index is 13.0. The molecular formula is C30H44F3N3O3S. The lowest BCUT2D eigenvalue weighted by molar-refractivity contribution is -0.140. The molecule has 1 aliphatic heterocycles. The van der Waals surface area contributed by atoms with Gasteiger partial charge in [-0.2, -0.15) is 13.2 Å². The number of hydrogen-bond donors (Lipinski definition) is 0. The predicted octanol–water partition coefficient (Wildman–Crippen LogP) is 7.55. The average Bonchev–Trinajstić information content (AvgIpc) is 3.45. The fourth-order valence-electron chi connectivity index (χ4n) is 4.55. The highest BCUT2D eigenvalue weighted by molar-refractivity contribution is 7.13. The fraction of sp³-hybridized carbons (Fsp3) is 0.600. The lowest BCUT2D eigenvalue weighted by Crippen LogP contribution is -2.49. The second-order valence-corrected chi connectivity index (χ2v) is 11.1. The molecule has 0 atom stereocenters. The summed E-state index contributed by atoms with van der Waals surface area (Å²) in [4.78, 5) is 36.4. The number of aryl methyl sites for hydroxylation is 1. The van der Waals surface area contributed by atoms with Crippen LogP contribution in [0.4, 0.5) is 18.3 Å². The van der Waals surface area contributed by atoms with Crippen molar-refractivity contribution in [1.82, 2.24) is 9.88 Å². The van der Waals surface area contributed by atoms with E-state index in [0.29, 0.717) is 37.2 Å². The van der Waals surface area contributed by atoms with Crippen LogP contribution >= 0.6 is 11.3 Å². The molecule has 40 heavy (non-hydrogen) atoms. The number of aromatic nitrogens is 1. The van der Waals surface area contributed by atoms with E-state index in [1.165, 1.54) is 32.1 Å². The molecule has 2 aliphatic carbocycles. The van der Waals surface area contributed by atoms with E-state index >= 15 is 0 Å². The summed E-state index contributed by atoms with van der Waals surface area (Å²) in [5.41, 5.74) is 2.11. The third-order valence-electron chi connectivity index (χ3n) is 6.72. The van der Waals surface area contributed by atoms with Crippen molar-refractivity contribution >= 4 is 36.0 Å². The van der Waals surface area contributed by atoms with Crippen LogP contribution in [0, 0.1) is 12.8 Å². The number of halogens is 3. The summed E-state index contributed by atoms with van der Waals surface area (Å²) in [5.74, 6) is 1.56. The highest BCUT2D eigenvalue weighted by Crippen LogP contribution is 2.42. The summed E-state index contributed by atoms with van der Waals surface area (Å²) in [6.45, 7) is 14.5. The molecule has 3 fully saturated rings. The van der Waals surface area contributed by atoms with Gasteiger partial charge in [0, 0.05) is 37.1 Å². The minimum absolute atomic E-state index is 0.0235. The standard InChI is InChI=1S/C19H20F3N3OS.C6H12.C3H8.2CH2O/c1-12-2-5-14(13-3-4-13)15(10-12)17(26)24-6-8-25(9-7-24)18-23-16(11-27-18)19(20,21)22;1-6-4-2-3-5-6;1-3-2;2*1-2/h2,5,10-11,13H,3-4,6-9H2,1H3;6H,2-5H2,1H3;3H2,1-2H3;2*1H2.